The first-order valence-electron chi connectivity index (χ1n) is 6.65. The van der Waals surface area contributed by atoms with Crippen molar-refractivity contribution in [2.45, 2.75) is 45.1 Å². The second-order valence-electron chi connectivity index (χ2n) is 5.89. The van der Waals surface area contributed by atoms with E-state index in [1.54, 1.807) is 0 Å². The van der Waals surface area contributed by atoms with Gasteiger partial charge in [-0.1, -0.05) is 19.8 Å². The summed E-state index contributed by atoms with van der Waals surface area (Å²) in [7, 11) is 2.02. The maximum absolute atomic E-state index is 4.48. The van der Waals surface area contributed by atoms with Gasteiger partial charge < -0.3 is 10.6 Å². The minimum Gasteiger partial charge on any atom is -0.378 e. The largest absolute Gasteiger partial charge is 0.378 e. The average molecular weight is 234 g/mol. The molecule has 2 heterocycles. The van der Waals surface area contributed by atoms with Gasteiger partial charge >= 0.3 is 0 Å². The van der Waals surface area contributed by atoms with Crippen molar-refractivity contribution >= 4 is 11.5 Å². The van der Waals surface area contributed by atoms with E-state index in [9.17, 15) is 0 Å². The molecule has 4 heteroatoms. The summed E-state index contributed by atoms with van der Waals surface area (Å²) in [5.41, 5.74) is 2.54. The van der Waals surface area contributed by atoms with Gasteiger partial charge in [0, 0.05) is 13.6 Å². The summed E-state index contributed by atoms with van der Waals surface area (Å²) in [6.07, 6.45) is 5.25. The first-order valence-corrected chi connectivity index (χ1v) is 6.65. The normalized spacial score (nSPS) is 31.8. The zero-order valence-corrected chi connectivity index (χ0v) is 11.0. The number of rotatable bonds is 0. The van der Waals surface area contributed by atoms with Crippen LogP contribution in [-0.4, -0.2) is 21.9 Å². The molecule has 0 amide bonds. The Balaban J connectivity index is 1.91. The molecule has 1 spiro atoms. The fourth-order valence-corrected chi connectivity index (χ4v) is 3.50. The summed E-state index contributed by atoms with van der Waals surface area (Å²) >= 11 is 0. The van der Waals surface area contributed by atoms with E-state index in [2.05, 4.69) is 29.6 Å². The van der Waals surface area contributed by atoms with Crippen LogP contribution in [0.5, 0.6) is 0 Å². The van der Waals surface area contributed by atoms with Gasteiger partial charge in [-0.05, 0) is 25.7 Å². The van der Waals surface area contributed by atoms with Crippen LogP contribution in [0.2, 0.25) is 0 Å². The number of hydrogen-bond donors (Lipinski definition) is 2. The molecule has 0 saturated heterocycles. The van der Waals surface area contributed by atoms with E-state index in [1.165, 1.54) is 37.2 Å². The Bertz CT molecular complexity index is 437. The van der Waals surface area contributed by atoms with Crippen LogP contribution in [0.15, 0.2) is 0 Å². The summed E-state index contributed by atoms with van der Waals surface area (Å²) < 4.78 is 1.97. The monoisotopic (exact) mass is 234 g/mol. The molecule has 3 rings (SSSR count). The van der Waals surface area contributed by atoms with Crippen LogP contribution in [0.1, 0.15) is 38.3 Å². The number of aromatic nitrogens is 2. The third kappa shape index (κ3) is 1.70. The van der Waals surface area contributed by atoms with Gasteiger partial charge in [-0.25, -0.2) is 0 Å². The first kappa shape index (κ1) is 10.9. The smallest absolute Gasteiger partial charge is 0.148 e. The molecule has 2 unspecified atom stereocenters. The maximum atomic E-state index is 4.48. The molecule has 1 aliphatic heterocycles. The second-order valence-corrected chi connectivity index (χ2v) is 5.89. The van der Waals surface area contributed by atoms with Crippen LogP contribution in [-0.2, 0) is 7.05 Å². The molecule has 2 N–H and O–H groups in total. The van der Waals surface area contributed by atoms with Gasteiger partial charge in [0.25, 0.3) is 0 Å². The molecule has 0 radical (unpaired) electrons. The lowest BCUT2D eigenvalue weighted by molar-refractivity contribution is 0.265. The molecule has 1 saturated carbocycles. The molecule has 17 heavy (non-hydrogen) atoms. The van der Waals surface area contributed by atoms with Crippen LogP contribution in [0.3, 0.4) is 0 Å². The highest BCUT2D eigenvalue weighted by Crippen LogP contribution is 2.40. The zero-order chi connectivity index (χ0) is 12.0. The van der Waals surface area contributed by atoms with Gasteiger partial charge in [-0.3, -0.25) is 4.68 Å². The second kappa shape index (κ2) is 3.65. The van der Waals surface area contributed by atoms with E-state index < -0.39 is 0 Å². The lowest BCUT2D eigenvalue weighted by atomic mass is 9.75. The Kier molecular flexibility index (Phi) is 2.35. The predicted molar refractivity (Wildman–Crippen MR) is 70.4 cm³/mol. The van der Waals surface area contributed by atoms with Crippen molar-refractivity contribution in [2.75, 3.05) is 17.2 Å². The van der Waals surface area contributed by atoms with Gasteiger partial charge in [-0.2, -0.15) is 5.10 Å². The highest BCUT2D eigenvalue weighted by molar-refractivity contribution is 5.71. The van der Waals surface area contributed by atoms with E-state index in [0.717, 1.165) is 18.2 Å². The molecule has 2 aliphatic rings. The standard InChI is InChI=1S/C13H22N4/c1-9-5-4-6-13(7-9)8-14-11-10(2)16-17(3)12(11)15-13/h9,14-15H,4-8H2,1-3H3. The van der Waals surface area contributed by atoms with Crippen LogP contribution < -0.4 is 10.6 Å². The van der Waals surface area contributed by atoms with Crippen molar-refractivity contribution in [2.24, 2.45) is 13.0 Å². The van der Waals surface area contributed by atoms with Gasteiger partial charge in [0.05, 0.1) is 11.2 Å². The number of fused-ring (bicyclic) bond motifs is 1. The Morgan fingerprint density at radius 2 is 2.29 bits per heavy atom. The lowest BCUT2D eigenvalue weighted by Crippen LogP contribution is -2.51. The van der Waals surface area contributed by atoms with E-state index in [1.807, 2.05) is 11.7 Å². The van der Waals surface area contributed by atoms with E-state index >= 15 is 0 Å². The molecular formula is C13H22N4. The Morgan fingerprint density at radius 3 is 3.06 bits per heavy atom. The van der Waals surface area contributed by atoms with Crippen LogP contribution in [0, 0.1) is 12.8 Å². The van der Waals surface area contributed by atoms with Gasteiger partial charge in [0.15, 0.2) is 0 Å². The Labute approximate surface area is 103 Å². The molecule has 94 valence electrons. The third-order valence-electron chi connectivity index (χ3n) is 4.30. The molecule has 0 aromatic carbocycles. The molecule has 4 nitrogen and oxygen atoms in total. The van der Waals surface area contributed by atoms with Crippen LogP contribution in [0.25, 0.3) is 0 Å². The molecule has 0 bridgehead atoms. The quantitative estimate of drug-likeness (QED) is 0.725. The molecule has 2 atom stereocenters. The Morgan fingerprint density at radius 1 is 1.47 bits per heavy atom. The summed E-state index contributed by atoms with van der Waals surface area (Å²) in [5, 5.41) is 11.8. The minimum absolute atomic E-state index is 0.255. The highest BCUT2D eigenvalue weighted by Gasteiger charge is 2.39. The molecule has 1 fully saturated rings. The number of hydrogen-bond acceptors (Lipinski definition) is 3. The summed E-state index contributed by atoms with van der Waals surface area (Å²) in [5.74, 6) is 2.00. The maximum Gasteiger partial charge on any atom is 0.148 e. The minimum atomic E-state index is 0.255. The number of aryl methyl sites for hydroxylation is 2. The molecule has 1 aromatic rings. The van der Waals surface area contributed by atoms with Crippen molar-refractivity contribution in [3.8, 4) is 0 Å². The highest BCUT2D eigenvalue weighted by atomic mass is 15.4. The van der Waals surface area contributed by atoms with Crippen molar-refractivity contribution in [3.63, 3.8) is 0 Å². The van der Waals surface area contributed by atoms with Crippen molar-refractivity contribution < 1.29 is 0 Å². The van der Waals surface area contributed by atoms with Crippen molar-refractivity contribution in [1.82, 2.24) is 9.78 Å². The molecule has 1 aromatic heterocycles. The fourth-order valence-electron chi connectivity index (χ4n) is 3.50. The van der Waals surface area contributed by atoms with Gasteiger partial charge in [0.2, 0.25) is 0 Å². The van der Waals surface area contributed by atoms with Crippen LogP contribution >= 0.6 is 0 Å². The molecular weight excluding hydrogens is 212 g/mol. The van der Waals surface area contributed by atoms with E-state index in [0.29, 0.717) is 0 Å². The number of nitrogens with zero attached hydrogens (tertiary/aromatic N) is 2. The number of nitrogens with one attached hydrogen (secondary N) is 2. The SMILES string of the molecule is Cc1nn(C)c2c1NCC1(CCCC(C)C1)N2. The average Bonchev–Trinajstić information content (AvgIpc) is 2.54. The summed E-state index contributed by atoms with van der Waals surface area (Å²) in [6.45, 7) is 5.47. The first-order chi connectivity index (χ1) is 8.10. The van der Waals surface area contributed by atoms with Crippen LogP contribution in [0.4, 0.5) is 11.5 Å². The summed E-state index contributed by atoms with van der Waals surface area (Å²) in [6, 6.07) is 0. The zero-order valence-electron chi connectivity index (χ0n) is 11.0. The Hall–Kier alpha value is -1.19. The topological polar surface area (TPSA) is 41.9 Å². The van der Waals surface area contributed by atoms with Crippen molar-refractivity contribution in [3.05, 3.63) is 5.69 Å². The fraction of sp³-hybridized carbons (Fsp3) is 0.769. The van der Waals surface area contributed by atoms with Gasteiger partial charge in [-0.15, -0.1) is 0 Å². The summed E-state index contributed by atoms with van der Waals surface area (Å²) in [4.78, 5) is 0. The van der Waals surface area contributed by atoms with E-state index in [-0.39, 0.29) is 5.54 Å². The number of anilines is 2. The predicted octanol–water partition coefficient (Wildman–Crippen LogP) is 2.51. The molecule has 1 aliphatic carbocycles. The third-order valence-corrected chi connectivity index (χ3v) is 4.30. The lowest BCUT2D eigenvalue weighted by Gasteiger charge is -2.44. The van der Waals surface area contributed by atoms with E-state index in [4.69, 9.17) is 0 Å². The van der Waals surface area contributed by atoms with Gasteiger partial charge in [0.1, 0.15) is 11.5 Å². The van der Waals surface area contributed by atoms with Crippen molar-refractivity contribution in [1.29, 1.82) is 0 Å².